The van der Waals surface area contributed by atoms with Gasteiger partial charge in [0.1, 0.15) is 23.5 Å². The first-order chi connectivity index (χ1) is 18.0. The fourth-order valence-electron chi connectivity index (χ4n) is 4.61. The number of rotatable bonds is 8. The van der Waals surface area contributed by atoms with Crippen LogP contribution in [0.15, 0.2) is 36.7 Å². The average Bonchev–Trinajstić information content (AvgIpc) is 3.38. The summed E-state index contributed by atoms with van der Waals surface area (Å²) in [5, 5.41) is 8.21. The molecule has 1 aliphatic rings. The molecular formula is C26H28Cl2FN5O4. The number of hydrogen-bond donors (Lipinski definition) is 2. The Hall–Kier alpha value is -3.21. The van der Waals surface area contributed by atoms with Crippen molar-refractivity contribution in [2.24, 2.45) is 13.0 Å². The van der Waals surface area contributed by atoms with E-state index in [1.54, 1.807) is 31.5 Å². The quantitative estimate of drug-likeness (QED) is 0.434. The van der Waals surface area contributed by atoms with Crippen molar-refractivity contribution >= 4 is 52.0 Å². The molecule has 9 nitrogen and oxygen atoms in total. The van der Waals surface area contributed by atoms with Crippen LogP contribution in [0.25, 0.3) is 11.0 Å². The van der Waals surface area contributed by atoms with Crippen LogP contribution in [0.2, 0.25) is 10.0 Å². The van der Waals surface area contributed by atoms with Gasteiger partial charge >= 0.3 is 5.97 Å². The van der Waals surface area contributed by atoms with Gasteiger partial charge in [-0.25, -0.2) is 9.37 Å². The van der Waals surface area contributed by atoms with Gasteiger partial charge in [-0.05, 0) is 55.0 Å². The monoisotopic (exact) mass is 563 g/mol. The van der Waals surface area contributed by atoms with Gasteiger partial charge in [0.15, 0.2) is 0 Å². The summed E-state index contributed by atoms with van der Waals surface area (Å²) in [6.07, 6.45) is 4.32. The Balaban J connectivity index is 1.35. The lowest BCUT2D eigenvalue weighted by molar-refractivity contribution is -0.193. The Morgan fingerprint density at radius 2 is 1.97 bits per heavy atom. The summed E-state index contributed by atoms with van der Waals surface area (Å²) in [5.41, 5.74) is 2.31. The van der Waals surface area contributed by atoms with Crippen molar-refractivity contribution in [2.45, 2.75) is 45.3 Å². The second kappa shape index (κ2) is 11.7. The highest BCUT2D eigenvalue weighted by atomic mass is 35.5. The van der Waals surface area contributed by atoms with E-state index < -0.39 is 29.8 Å². The number of pyridine rings is 1. The summed E-state index contributed by atoms with van der Waals surface area (Å²) in [5.74, 6) is -1.93. The summed E-state index contributed by atoms with van der Waals surface area (Å²) in [6.45, 7) is 3.35. The number of nitrogens with zero attached hydrogens (tertiary/aromatic N) is 3. The summed E-state index contributed by atoms with van der Waals surface area (Å²) in [6, 6.07) is 4.72. The van der Waals surface area contributed by atoms with Gasteiger partial charge in [-0.15, -0.1) is 5.06 Å². The minimum Gasteiger partial charge on any atom is -0.367 e. The number of hydroxylamine groups is 2. The molecule has 0 saturated carbocycles. The van der Waals surface area contributed by atoms with Crippen LogP contribution in [0.1, 0.15) is 31.4 Å². The Morgan fingerprint density at radius 3 is 2.68 bits per heavy atom. The lowest BCUT2D eigenvalue weighted by Crippen LogP contribution is -2.51. The van der Waals surface area contributed by atoms with Crippen molar-refractivity contribution in [3.05, 3.63) is 63.6 Å². The van der Waals surface area contributed by atoms with E-state index in [1.807, 2.05) is 17.7 Å². The number of hydrogen-bond acceptors (Lipinski definition) is 6. The Kier molecular flexibility index (Phi) is 8.54. The van der Waals surface area contributed by atoms with Gasteiger partial charge in [0.25, 0.3) is 0 Å². The smallest absolute Gasteiger partial charge is 0.322 e. The number of aryl methyl sites for hydroxylation is 1. The van der Waals surface area contributed by atoms with E-state index in [1.165, 1.54) is 18.1 Å². The van der Waals surface area contributed by atoms with Crippen molar-refractivity contribution in [2.75, 3.05) is 6.54 Å². The summed E-state index contributed by atoms with van der Waals surface area (Å²) in [4.78, 5) is 47.1. The van der Waals surface area contributed by atoms with Crippen LogP contribution >= 0.6 is 23.2 Å². The van der Waals surface area contributed by atoms with Crippen LogP contribution in [0.3, 0.4) is 0 Å². The molecule has 202 valence electrons. The van der Waals surface area contributed by atoms with Crippen molar-refractivity contribution in [1.29, 1.82) is 0 Å². The summed E-state index contributed by atoms with van der Waals surface area (Å²) in [7, 11) is 1.85. The first-order valence-corrected chi connectivity index (χ1v) is 12.8. The molecule has 12 heteroatoms. The van der Waals surface area contributed by atoms with Crippen LogP contribution < -0.4 is 10.6 Å². The van der Waals surface area contributed by atoms with Gasteiger partial charge in [0.05, 0.1) is 10.0 Å². The fourth-order valence-corrected chi connectivity index (χ4v) is 5.10. The van der Waals surface area contributed by atoms with Gasteiger partial charge in [0.2, 0.25) is 11.8 Å². The lowest BCUT2D eigenvalue weighted by atomic mass is 9.96. The van der Waals surface area contributed by atoms with E-state index in [4.69, 9.17) is 28.0 Å². The number of benzene rings is 1. The fraction of sp³-hybridized carbons (Fsp3) is 0.385. The number of carbonyl (C=O) groups is 3. The number of halogens is 3. The number of amides is 2. The topological polar surface area (TPSA) is 106 Å². The summed E-state index contributed by atoms with van der Waals surface area (Å²) >= 11 is 12.1. The minimum absolute atomic E-state index is 0.0223. The van der Waals surface area contributed by atoms with Crippen molar-refractivity contribution in [3.63, 3.8) is 0 Å². The third kappa shape index (κ3) is 6.43. The Labute approximate surface area is 229 Å². The van der Waals surface area contributed by atoms with Crippen LogP contribution in [-0.2, 0) is 39.2 Å². The molecule has 1 saturated heterocycles. The molecule has 1 aliphatic heterocycles. The molecule has 0 radical (unpaired) electrons. The zero-order valence-corrected chi connectivity index (χ0v) is 22.6. The van der Waals surface area contributed by atoms with E-state index in [-0.39, 0.29) is 23.4 Å². The molecule has 0 unspecified atom stereocenters. The molecule has 0 spiro atoms. The molecule has 3 atom stereocenters. The molecular weight excluding hydrogens is 536 g/mol. The number of fused-ring (bicyclic) bond motifs is 1. The Bertz CT molecular complexity index is 1380. The molecule has 1 aromatic carbocycles. The normalized spacial score (nSPS) is 18.4. The predicted octanol–water partition coefficient (Wildman–Crippen LogP) is 3.55. The maximum absolute atomic E-state index is 13.5. The van der Waals surface area contributed by atoms with Crippen LogP contribution in [0.5, 0.6) is 0 Å². The van der Waals surface area contributed by atoms with Crippen LogP contribution in [0, 0.1) is 11.7 Å². The largest absolute Gasteiger partial charge is 0.367 e. The number of carbonyl (C=O) groups excluding carboxylic acids is 3. The maximum Gasteiger partial charge on any atom is 0.322 e. The molecule has 0 aliphatic carbocycles. The van der Waals surface area contributed by atoms with E-state index in [9.17, 15) is 18.8 Å². The standard InChI is InChI=1S/C26H28Cl2FN5O4/c1-14(25(36)31-11-18-7-19-21(28)13-33(3)24(19)30-10-18)32-26(37)23-9-17(12-34(23)38-15(2)35)6-16-4-5-22(29)20(27)8-16/h4-5,7-8,10,13-14,17,23H,6,9,11-12H2,1-3H3,(H,31,36)(H,32,37)/t14-,17-,23+/m0/s1. The lowest BCUT2D eigenvalue weighted by Gasteiger charge is -2.23. The van der Waals surface area contributed by atoms with Gasteiger partial charge in [-0.1, -0.05) is 29.3 Å². The minimum atomic E-state index is -0.839. The third-order valence-electron chi connectivity index (χ3n) is 6.44. The van der Waals surface area contributed by atoms with Crippen LogP contribution in [0.4, 0.5) is 4.39 Å². The highest BCUT2D eigenvalue weighted by molar-refractivity contribution is 6.35. The first-order valence-electron chi connectivity index (χ1n) is 12.1. The Morgan fingerprint density at radius 1 is 1.21 bits per heavy atom. The summed E-state index contributed by atoms with van der Waals surface area (Å²) < 4.78 is 15.3. The van der Waals surface area contributed by atoms with E-state index >= 15 is 0 Å². The molecule has 1 fully saturated rings. The molecule has 2 aromatic heterocycles. The van der Waals surface area contributed by atoms with Gasteiger partial charge in [-0.3, -0.25) is 14.4 Å². The molecule has 0 bridgehead atoms. The first kappa shape index (κ1) is 27.8. The maximum atomic E-state index is 13.5. The van der Waals surface area contributed by atoms with E-state index in [0.29, 0.717) is 24.4 Å². The third-order valence-corrected chi connectivity index (χ3v) is 7.03. The molecule has 2 N–H and O–H groups in total. The van der Waals surface area contributed by atoms with Crippen LogP contribution in [-0.4, -0.2) is 51.0 Å². The van der Waals surface area contributed by atoms with Gasteiger partial charge < -0.3 is 20.0 Å². The zero-order chi connectivity index (χ0) is 27.6. The van der Waals surface area contributed by atoms with E-state index in [2.05, 4.69) is 15.6 Å². The molecule has 3 heterocycles. The van der Waals surface area contributed by atoms with E-state index in [0.717, 1.165) is 22.2 Å². The second-order valence-corrected chi connectivity index (χ2v) is 10.3. The number of aromatic nitrogens is 2. The zero-order valence-electron chi connectivity index (χ0n) is 21.1. The predicted molar refractivity (Wildman–Crippen MR) is 141 cm³/mol. The molecule has 4 rings (SSSR count). The molecule has 2 amide bonds. The highest BCUT2D eigenvalue weighted by Crippen LogP contribution is 2.28. The SMILES string of the molecule is CC(=O)ON1C[C@@H](Cc2ccc(F)c(Cl)c2)C[C@@H]1C(=O)N[C@@H](C)C(=O)NCc1cnc2c(c1)c(Cl)cn2C. The second-order valence-electron chi connectivity index (χ2n) is 9.50. The average molecular weight is 564 g/mol. The number of nitrogens with one attached hydrogen (secondary N) is 2. The van der Waals surface area contributed by atoms with Gasteiger partial charge in [0, 0.05) is 44.8 Å². The van der Waals surface area contributed by atoms with Gasteiger partial charge in [-0.2, -0.15) is 0 Å². The highest BCUT2D eigenvalue weighted by Gasteiger charge is 2.40. The van der Waals surface area contributed by atoms with Crippen molar-refractivity contribution in [1.82, 2.24) is 25.2 Å². The van der Waals surface area contributed by atoms with Crippen molar-refractivity contribution in [3.8, 4) is 0 Å². The molecule has 3 aromatic rings. The molecule has 38 heavy (non-hydrogen) atoms. The van der Waals surface area contributed by atoms with Crippen molar-refractivity contribution < 1.29 is 23.6 Å².